The van der Waals surface area contributed by atoms with Crippen LogP contribution < -0.4 is 0 Å². The van der Waals surface area contributed by atoms with E-state index in [1.807, 2.05) is 50.4 Å². The molecule has 0 N–H and O–H groups in total. The lowest BCUT2D eigenvalue weighted by Crippen LogP contribution is -2.29. The molecule has 1 aromatic heterocycles. The fourth-order valence-corrected chi connectivity index (χ4v) is 1.85. The lowest BCUT2D eigenvalue weighted by molar-refractivity contribution is 0.0794. The summed E-state index contributed by atoms with van der Waals surface area (Å²) in [5.41, 5.74) is 1.77. The summed E-state index contributed by atoms with van der Waals surface area (Å²) in [5, 5.41) is 0. The first kappa shape index (κ1) is 12.4. The Morgan fingerprint density at radius 3 is 2.67 bits per heavy atom. The van der Waals surface area contributed by atoms with Gasteiger partial charge in [0.2, 0.25) is 0 Å². The van der Waals surface area contributed by atoms with Crippen molar-refractivity contribution in [3.8, 4) is 0 Å². The predicted molar refractivity (Wildman–Crippen MR) is 70.6 cm³/mol. The maximum atomic E-state index is 12.2. The molecule has 0 atom stereocenters. The Bertz CT molecular complexity index is 517. The lowest BCUT2D eigenvalue weighted by atomic mass is 10.1. The number of aryl methyl sites for hydroxylation is 1. The highest BCUT2D eigenvalue weighted by Gasteiger charge is 2.13. The monoisotopic (exact) mass is 243 g/mol. The quantitative estimate of drug-likeness (QED) is 0.827. The van der Waals surface area contributed by atoms with Crippen molar-refractivity contribution in [2.24, 2.45) is 0 Å². The fraction of sp³-hybridized carbons (Fsp3) is 0.267. The zero-order chi connectivity index (χ0) is 13.0. The van der Waals surface area contributed by atoms with Gasteiger partial charge in [-0.3, -0.25) is 4.79 Å². The predicted octanol–water partition coefficient (Wildman–Crippen LogP) is 2.90. The van der Waals surface area contributed by atoms with Gasteiger partial charge < -0.3 is 9.32 Å². The van der Waals surface area contributed by atoms with Gasteiger partial charge in [-0.25, -0.2) is 0 Å². The number of carbonyl (C=O) groups excluding carboxylic acids is 1. The molecule has 1 amide bonds. The Labute approximate surface area is 107 Å². The first-order valence-electron chi connectivity index (χ1n) is 6.02. The van der Waals surface area contributed by atoms with Gasteiger partial charge in [-0.2, -0.15) is 0 Å². The molecule has 0 aliphatic rings. The molecule has 0 radical (unpaired) electrons. The smallest absolute Gasteiger partial charge is 0.253 e. The van der Waals surface area contributed by atoms with Crippen molar-refractivity contribution in [2.75, 3.05) is 13.6 Å². The molecular weight excluding hydrogens is 226 g/mol. The van der Waals surface area contributed by atoms with Crippen LogP contribution in [0.3, 0.4) is 0 Å². The number of benzene rings is 1. The fourth-order valence-electron chi connectivity index (χ4n) is 1.85. The van der Waals surface area contributed by atoms with Crippen molar-refractivity contribution in [3.05, 3.63) is 59.5 Å². The number of hydrogen-bond acceptors (Lipinski definition) is 2. The van der Waals surface area contributed by atoms with E-state index in [-0.39, 0.29) is 5.91 Å². The molecule has 1 heterocycles. The van der Waals surface area contributed by atoms with Gasteiger partial charge >= 0.3 is 0 Å². The van der Waals surface area contributed by atoms with Gasteiger partial charge in [0.25, 0.3) is 5.91 Å². The number of rotatable bonds is 4. The van der Waals surface area contributed by atoms with Gasteiger partial charge in [0.1, 0.15) is 5.76 Å². The third kappa shape index (κ3) is 2.80. The van der Waals surface area contributed by atoms with Crippen LogP contribution in [-0.2, 0) is 6.42 Å². The Morgan fingerprint density at radius 2 is 2.00 bits per heavy atom. The van der Waals surface area contributed by atoms with Crippen LogP contribution in [0.2, 0.25) is 0 Å². The second kappa shape index (κ2) is 5.54. The molecular formula is C15H17NO2. The van der Waals surface area contributed by atoms with Crippen molar-refractivity contribution < 1.29 is 9.21 Å². The van der Waals surface area contributed by atoms with Crippen LogP contribution in [-0.4, -0.2) is 24.4 Å². The molecule has 2 aromatic rings. The van der Waals surface area contributed by atoms with E-state index >= 15 is 0 Å². The molecule has 94 valence electrons. The van der Waals surface area contributed by atoms with Crippen LogP contribution in [0.25, 0.3) is 0 Å². The van der Waals surface area contributed by atoms with E-state index in [1.54, 1.807) is 11.2 Å². The molecule has 0 aliphatic heterocycles. The molecule has 3 heteroatoms. The van der Waals surface area contributed by atoms with Crippen molar-refractivity contribution in [1.82, 2.24) is 4.90 Å². The van der Waals surface area contributed by atoms with Gasteiger partial charge in [0.15, 0.2) is 0 Å². The molecule has 0 aliphatic carbocycles. The summed E-state index contributed by atoms with van der Waals surface area (Å²) in [5.74, 6) is 0.957. The van der Waals surface area contributed by atoms with Gasteiger partial charge in [0.05, 0.1) is 6.26 Å². The van der Waals surface area contributed by atoms with Gasteiger partial charge in [-0.15, -0.1) is 0 Å². The number of furan rings is 1. The summed E-state index contributed by atoms with van der Waals surface area (Å²) in [6.45, 7) is 2.61. The summed E-state index contributed by atoms with van der Waals surface area (Å²) in [6.07, 6.45) is 2.39. The van der Waals surface area contributed by atoms with Crippen LogP contribution in [0, 0.1) is 6.92 Å². The van der Waals surface area contributed by atoms with Crippen molar-refractivity contribution >= 4 is 5.91 Å². The molecule has 0 saturated heterocycles. The average molecular weight is 243 g/mol. The average Bonchev–Trinajstić information content (AvgIpc) is 2.89. The first-order chi connectivity index (χ1) is 8.68. The molecule has 3 nitrogen and oxygen atoms in total. The normalized spacial score (nSPS) is 10.3. The molecule has 0 spiro atoms. The van der Waals surface area contributed by atoms with Crippen LogP contribution in [0.5, 0.6) is 0 Å². The molecule has 2 rings (SSSR count). The largest absolute Gasteiger partial charge is 0.469 e. The Hall–Kier alpha value is -2.03. The Balaban J connectivity index is 1.99. The van der Waals surface area contributed by atoms with Gasteiger partial charge in [-0.1, -0.05) is 18.2 Å². The topological polar surface area (TPSA) is 33.5 Å². The summed E-state index contributed by atoms with van der Waals surface area (Å²) in [6, 6.07) is 11.4. The molecule has 18 heavy (non-hydrogen) atoms. The summed E-state index contributed by atoms with van der Waals surface area (Å²) in [4.78, 5) is 13.9. The van der Waals surface area contributed by atoms with Gasteiger partial charge in [-0.05, 0) is 30.7 Å². The van der Waals surface area contributed by atoms with E-state index in [0.717, 1.165) is 23.3 Å². The third-order valence-electron chi connectivity index (χ3n) is 3.00. The van der Waals surface area contributed by atoms with Crippen molar-refractivity contribution in [3.63, 3.8) is 0 Å². The maximum Gasteiger partial charge on any atom is 0.253 e. The van der Waals surface area contributed by atoms with Crippen LogP contribution in [0.1, 0.15) is 21.7 Å². The molecule has 0 bridgehead atoms. The molecule has 1 aromatic carbocycles. The number of amides is 1. The van der Waals surface area contributed by atoms with Crippen LogP contribution >= 0.6 is 0 Å². The van der Waals surface area contributed by atoms with E-state index in [1.165, 1.54) is 0 Å². The van der Waals surface area contributed by atoms with Crippen LogP contribution in [0.15, 0.2) is 47.1 Å². The number of nitrogens with zero attached hydrogens (tertiary/aromatic N) is 1. The third-order valence-corrected chi connectivity index (χ3v) is 3.00. The molecule has 0 saturated carbocycles. The summed E-state index contributed by atoms with van der Waals surface area (Å²) in [7, 11) is 1.82. The minimum absolute atomic E-state index is 0.0552. The zero-order valence-corrected chi connectivity index (χ0v) is 10.7. The Kier molecular flexibility index (Phi) is 3.82. The van der Waals surface area contributed by atoms with E-state index < -0.39 is 0 Å². The van der Waals surface area contributed by atoms with E-state index in [0.29, 0.717) is 6.54 Å². The summed E-state index contributed by atoms with van der Waals surface area (Å²) >= 11 is 0. The van der Waals surface area contributed by atoms with E-state index in [2.05, 4.69) is 0 Å². The first-order valence-corrected chi connectivity index (χ1v) is 6.02. The molecule has 0 unspecified atom stereocenters. The van der Waals surface area contributed by atoms with E-state index in [9.17, 15) is 4.79 Å². The Morgan fingerprint density at radius 1 is 1.22 bits per heavy atom. The number of hydrogen-bond donors (Lipinski definition) is 0. The SMILES string of the molecule is Cc1ccccc1C(=O)N(C)CCc1ccco1. The van der Waals surface area contributed by atoms with E-state index in [4.69, 9.17) is 4.42 Å². The number of carbonyl (C=O) groups is 1. The standard InChI is InChI=1S/C15H17NO2/c1-12-6-3-4-8-14(12)15(17)16(2)10-9-13-7-5-11-18-13/h3-8,11H,9-10H2,1-2H3. The summed E-state index contributed by atoms with van der Waals surface area (Å²) < 4.78 is 5.26. The maximum absolute atomic E-state index is 12.2. The van der Waals surface area contributed by atoms with Crippen molar-refractivity contribution in [1.29, 1.82) is 0 Å². The number of likely N-dealkylation sites (N-methyl/N-ethyl adjacent to an activating group) is 1. The zero-order valence-electron chi connectivity index (χ0n) is 10.7. The highest BCUT2D eigenvalue weighted by Crippen LogP contribution is 2.10. The second-order valence-corrected chi connectivity index (χ2v) is 4.37. The minimum Gasteiger partial charge on any atom is -0.469 e. The molecule has 0 fully saturated rings. The van der Waals surface area contributed by atoms with Gasteiger partial charge in [0, 0.05) is 25.6 Å². The minimum atomic E-state index is 0.0552. The van der Waals surface area contributed by atoms with Crippen LogP contribution in [0.4, 0.5) is 0 Å². The highest BCUT2D eigenvalue weighted by molar-refractivity contribution is 5.95. The second-order valence-electron chi connectivity index (χ2n) is 4.37. The van der Waals surface area contributed by atoms with Crippen molar-refractivity contribution in [2.45, 2.75) is 13.3 Å². The lowest BCUT2D eigenvalue weighted by Gasteiger charge is -2.17. The highest BCUT2D eigenvalue weighted by atomic mass is 16.3.